The number of thiophene rings is 1. The molecule has 0 atom stereocenters. The lowest BCUT2D eigenvalue weighted by atomic mass is 10.1. The van der Waals surface area contributed by atoms with E-state index >= 15 is 0 Å². The van der Waals surface area contributed by atoms with Crippen LogP contribution < -0.4 is 0 Å². The number of unbranched alkanes of at least 4 members (excludes halogenated alkanes) is 9. The number of aryl methyl sites for hydroxylation is 2. The number of benzene rings is 1. The Morgan fingerprint density at radius 2 is 1.33 bits per heavy atom. The Kier molecular flexibility index (Phi) is 8.99. The maximum atomic E-state index is 10.3. The number of aromatic hydroxyl groups is 3. The van der Waals surface area contributed by atoms with Crippen molar-refractivity contribution < 1.29 is 15.3 Å². The summed E-state index contributed by atoms with van der Waals surface area (Å²) in [5.74, 6) is 0.0148. The number of phenols is 2. The Morgan fingerprint density at radius 3 is 1.93 bits per heavy atom. The molecule has 0 saturated heterocycles. The largest absolute Gasteiger partial charge is 0.506 e. The number of rotatable bonds is 12. The van der Waals surface area contributed by atoms with Crippen molar-refractivity contribution in [3.63, 3.8) is 0 Å². The minimum Gasteiger partial charge on any atom is -0.506 e. The third kappa shape index (κ3) is 6.76. The highest BCUT2D eigenvalue weighted by atomic mass is 32.1. The van der Waals surface area contributed by atoms with Gasteiger partial charge in [-0.25, -0.2) is 0 Å². The van der Waals surface area contributed by atoms with E-state index in [1.54, 1.807) is 24.3 Å². The molecule has 0 aliphatic rings. The van der Waals surface area contributed by atoms with Crippen LogP contribution in [0.15, 0.2) is 18.2 Å². The van der Waals surface area contributed by atoms with E-state index < -0.39 is 0 Å². The van der Waals surface area contributed by atoms with Gasteiger partial charge >= 0.3 is 0 Å². The first-order valence-corrected chi connectivity index (χ1v) is 11.2. The fourth-order valence-electron chi connectivity index (χ4n) is 3.44. The lowest BCUT2D eigenvalue weighted by Gasteiger charge is -2.05. The van der Waals surface area contributed by atoms with Crippen LogP contribution in [0.3, 0.4) is 0 Å². The third-order valence-electron chi connectivity index (χ3n) is 5.08. The van der Waals surface area contributed by atoms with Crippen LogP contribution in [0.5, 0.6) is 17.2 Å². The molecule has 150 valence electrons. The summed E-state index contributed by atoms with van der Waals surface area (Å²) >= 11 is 1.57. The maximum absolute atomic E-state index is 10.3. The third-order valence-corrected chi connectivity index (χ3v) is 6.32. The van der Waals surface area contributed by atoms with Gasteiger partial charge in [-0.3, -0.25) is 0 Å². The smallest absolute Gasteiger partial charge is 0.160 e. The molecule has 0 aliphatic heterocycles. The van der Waals surface area contributed by atoms with E-state index in [9.17, 15) is 15.3 Å². The molecule has 4 heteroatoms. The van der Waals surface area contributed by atoms with Crippen LogP contribution in [-0.4, -0.2) is 15.3 Å². The van der Waals surface area contributed by atoms with Gasteiger partial charge < -0.3 is 15.3 Å². The molecule has 1 aromatic heterocycles. The second-order valence-corrected chi connectivity index (χ2v) is 8.66. The standard InChI is InChI=1S/C23H34O3S/c1-3-4-5-6-7-8-9-10-11-12-13-19-16-21(25)23(27-19)18-14-17(2)22(26)20(24)15-18/h14-16,24-26H,3-13H2,1-2H3. The zero-order valence-corrected chi connectivity index (χ0v) is 17.6. The van der Waals surface area contributed by atoms with E-state index in [4.69, 9.17) is 0 Å². The summed E-state index contributed by atoms with van der Waals surface area (Å²) in [5, 5.41) is 29.8. The molecule has 3 N–H and O–H groups in total. The summed E-state index contributed by atoms with van der Waals surface area (Å²) in [7, 11) is 0. The Labute approximate surface area is 167 Å². The molecule has 0 aliphatic carbocycles. The first-order chi connectivity index (χ1) is 13.0. The minimum atomic E-state index is -0.144. The topological polar surface area (TPSA) is 60.7 Å². The van der Waals surface area contributed by atoms with E-state index in [1.165, 1.54) is 68.7 Å². The molecule has 0 bridgehead atoms. The van der Waals surface area contributed by atoms with Crippen molar-refractivity contribution >= 4 is 11.3 Å². The fraction of sp³-hybridized carbons (Fsp3) is 0.565. The van der Waals surface area contributed by atoms with E-state index in [0.717, 1.165) is 23.3 Å². The van der Waals surface area contributed by atoms with E-state index in [1.807, 2.05) is 6.07 Å². The van der Waals surface area contributed by atoms with Crippen molar-refractivity contribution in [2.75, 3.05) is 0 Å². The number of hydrogen-bond acceptors (Lipinski definition) is 4. The van der Waals surface area contributed by atoms with Crippen molar-refractivity contribution in [1.82, 2.24) is 0 Å². The quantitative estimate of drug-likeness (QED) is 0.263. The van der Waals surface area contributed by atoms with Gasteiger partial charge in [0.25, 0.3) is 0 Å². The molecule has 2 rings (SSSR count). The van der Waals surface area contributed by atoms with Gasteiger partial charge in [0, 0.05) is 4.88 Å². The molecule has 0 fully saturated rings. The SMILES string of the molecule is CCCCCCCCCCCCc1cc(O)c(-c2cc(C)c(O)c(O)c2)s1. The predicted octanol–water partition coefficient (Wildman–Crippen LogP) is 7.30. The molecule has 0 radical (unpaired) electrons. The zero-order valence-electron chi connectivity index (χ0n) is 16.8. The van der Waals surface area contributed by atoms with Gasteiger partial charge in [-0.1, -0.05) is 64.7 Å². The Morgan fingerprint density at radius 1 is 0.741 bits per heavy atom. The summed E-state index contributed by atoms with van der Waals surface area (Å²) in [6, 6.07) is 5.15. The van der Waals surface area contributed by atoms with Gasteiger partial charge in [0.2, 0.25) is 0 Å². The van der Waals surface area contributed by atoms with Crippen molar-refractivity contribution in [1.29, 1.82) is 0 Å². The number of hydrogen-bond donors (Lipinski definition) is 3. The van der Waals surface area contributed by atoms with E-state index in [-0.39, 0.29) is 17.2 Å². The lowest BCUT2D eigenvalue weighted by Crippen LogP contribution is -1.84. The van der Waals surface area contributed by atoms with Gasteiger partial charge in [-0.15, -0.1) is 11.3 Å². The van der Waals surface area contributed by atoms with Crippen molar-refractivity contribution in [2.45, 2.75) is 84.5 Å². The monoisotopic (exact) mass is 390 g/mol. The molecule has 0 amide bonds. The van der Waals surface area contributed by atoms with Crippen molar-refractivity contribution in [3.8, 4) is 27.7 Å². The molecular weight excluding hydrogens is 356 g/mol. The van der Waals surface area contributed by atoms with Crippen LogP contribution in [0.25, 0.3) is 10.4 Å². The molecule has 2 aromatic rings. The van der Waals surface area contributed by atoms with Crippen LogP contribution in [0.4, 0.5) is 0 Å². The molecule has 1 heterocycles. The first kappa shape index (κ1) is 21.6. The summed E-state index contributed by atoms with van der Waals surface area (Å²) in [6.45, 7) is 4.00. The Bertz CT molecular complexity index is 683. The normalized spacial score (nSPS) is 11.2. The highest BCUT2D eigenvalue weighted by Crippen LogP contribution is 2.42. The number of phenolic OH excluding ortho intramolecular Hbond substituents is 2. The van der Waals surface area contributed by atoms with E-state index in [0.29, 0.717) is 5.56 Å². The molecular formula is C23H34O3S. The molecule has 0 unspecified atom stereocenters. The van der Waals surface area contributed by atoms with E-state index in [2.05, 4.69) is 6.92 Å². The summed E-state index contributed by atoms with van der Waals surface area (Å²) < 4.78 is 0. The van der Waals surface area contributed by atoms with Crippen molar-refractivity contribution in [3.05, 3.63) is 28.6 Å². The van der Waals surface area contributed by atoms with Crippen LogP contribution in [-0.2, 0) is 6.42 Å². The average Bonchev–Trinajstić information content (AvgIpc) is 3.01. The second-order valence-electron chi connectivity index (χ2n) is 7.52. The minimum absolute atomic E-state index is 0.0969. The first-order valence-electron chi connectivity index (χ1n) is 10.4. The zero-order chi connectivity index (χ0) is 19.6. The Balaban J connectivity index is 1.74. The summed E-state index contributed by atoms with van der Waals surface area (Å²) in [5.41, 5.74) is 1.36. The molecule has 0 spiro atoms. The summed E-state index contributed by atoms with van der Waals surface area (Å²) in [4.78, 5) is 1.93. The average molecular weight is 391 g/mol. The molecule has 0 saturated carbocycles. The van der Waals surface area contributed by atoms with Crippen LogP contribution in [0.2, 0.25) is 0 Å². The van der Waals surface area contributed by atoms with Gasteiger partial charge in [0.15, 0.2) is 11.5 Å². The van der Waals surface area contributed by atoms with Crippen molar-refractivity contribution in [2.24, 2.45) is 0 Å². The van der Waals surface area contributed by atoms with Gasteiger partial charge in [-0.2, -0.15) is 0 Å². The van der Waals surface area contributed by atoms with Gasteiger partial charge in [-0.05, 0) is 49.1 Å². The fourth-order valence-corrected chi connectivity index (χ4v) is 4.52. The highest BCUT2D eigenvalue weighted by Gasteiger charge is 2.14. The summed E-state index contributed by atoms with van der Waals surface area (Å²) in [6.07, 6.45) is 14.2. The van der Waals surface area contributed by atoms with Crippen LogP contribution >= 0.6 is 11.3 Å². The van der Waals surface area contributed by atoms with Gasteiger partial charge in [0.05, 0.1) is 4.88 Å². The molecule has 3 nitrogen and oxygen atoms in total. The van der Waals surface area contributed by atoms with Crippen LogP contribution in [0.1, 0.15) is 81.6 Å². The second kappa shape index (κ2) is 11.2. The lowest BCUT2D eigenvalue weighted by molar-refractivity contribution is 0.401. The molecule has 27 heavy (non-hydrogen) atoms. The Hall–Kier alpha value is -1.68. The predicted molar refractivity (Wildman–Crippen MR) is 115 cm³/mol. The van der Waals surface area contributed by atoms with Gasteiger partial charge in [0.1, 0.15) is 5.75 Å². The maximum Gasteiger partial charge on any atom is 0.160 e. The highest BCUT2D eigenvalue weighted by molar-refractivity contribution is 7.15. The van der Waals surface area contributed by atoms with Crippen LogP contribution in [0, 0.1) is 6.92 Å². The molecule has 1 aromatic carbocycles.